The van der Waals surface area contributed by atoms with Crippen molar-refractivity contribution in [2.45, 2.75) is 23.9 Å². The van der Waals surface area contributed by atoms with Crippen molar-refractivity contribution >= 4 is 23.7 Å². The van der Waals surface area contributed by atoms with Gasteiger partial charge in [0.2, 0.25) is 5.16 Å². The van der Waals surface area contributed by atoms with Gasteiger partial charge in [0.15, 0.2) is 5.82 Å². The molecule has 1 aliphatic rings. The average Bonchev–Trinajstić information content (AvgIpc) is 3.03. The van der Waals surface area contributed by atoms with Crippen molar-refractivity contribution in [1.29, 1.82) is 0 Å². The summed E-state index contributed by atoms with van der Waals surface area (Å²) >= 11 is 1.28. The second kappa shape index (κ2) is 5.00. The zero-order valence-electron chi connectivity index (χ0n) is 10.3. The molecule has 8 nitrogen and oxygen atoms in total. The van der Waals surface area contributed by atoms with Crippen molar-refractivity contribution in [3.8, 4) is 0 Å². The molecule has 1 fully saturated rings. The van der Waals surface area contributed by atoms with Gasteiger partial charge in [-0.25, -0.2) is 4.68 Å². The highest BCUT2D eigenvalue weighted by Gasteiger charge is 2.29. The molecule has 1 aliphatic carbocycles. The maximum atomic E-state index is 10.5. The number of thioether (sulfide) groups is 1. The molecule has 0 saturated heterocycles. The lowest BCUT2D eigenvalue weighted by atomic mass is 10.4. The van der Waals surface area contributed by atoms with Gasteiger partial charge in [-0.3, -0.25) is 10.1 Å². The number of nitrogens with two attached hydrogens (primary N) is 1. The highest BCUT2D eigenvalue weighted by atomic mass is 32.2. The number of nitrogen functional groups attached to an aromatic ring is 1. The lowest BCUT2D eigenvalue weighted by molar-refractivity contribution is -0.402. The van der Waals surface area contributed by atoms with Crippen LogP contribution in [-0.4, -0.2) is 19.8 Å². The minimum atomic E-state index is -0.580. The number of hydrogen-bond acceptors (Lipinski definition) is 7. The Bertz CT molecular complexity index is 673. The van der Waals surface area contributed by atoms with Crippen LogP contribution in [0.5, 0.6) is 0 Å². The van der Waals surface area contributed by atoms with Crippen LogP contribution < -0.4 is 5.84 Å². The second-order valence-corrected chi connectivity index (χ2v) is 5.21. The van der Waals surface area contributed by atoms with Crippen molar-refractivity contribution in [1.82, 2.24) is 14.9 Å². The molecule has 2 aromatic rings. The molecule has 2 heterocycles. The van der Waals surface area contributed by atoms with Crippen molar-refractivity contribution in [3.05, 3.63) is 39.2 Å². The van der Waals surface area contributed by atoms with Crippen molar-refractivity contribution in [3.63, 3.8) is 0 Å². The zero-order chi connectivity index (χ0) is 14.1. The molecule has 104 valence electrons. The summed E-state index contributed by atoms with van der Waals surface area (Å²) in [6, 6.07) is 2.83. The third kappa shape index (κ3) is 2.52. The maximum absolute atomic E-state index is 10.5. The Morgan fingerprint density at radius 2 is 2.30 bits per heavy atom. The summed E-state index contributed by atoms with van der Waals surface area (Å²) in [6.07, 6.45) is 3.82. The van der Waals surface area contributed by atoms with Crippen LogP contribution in [0.2, 0.25) is 0 Å². The van der Waals surface area contributed by atoms with Crippen LogP contribution in [0.25, 0.3) is 6.08 Å². The van der Waals surface area contributed by atoms with E-state index in [9.17, 15) is 10.1 Å². The Morgan fingerprint density at radius 3 is 2.95 bits per heavy atom. The third-order valence-electron chi connectivity index (χ3n) is 2.83. The smallest absolute Gasteiger partial charge is 0.401 e. The Hall–Kier alpha value is -2.29. The van der Waals surface area contributed by atoms with Gasteiger partial charge in [-0.1, -0.05) is 11.8 Å². The van der Waals surface area contributed by atoms with Gasteiger partial charge in [0, 0.05) is 5.92 Å². The zero-order valence-corrected chi connectivity index (χ0v) is 11.1. The molecule has 1 saturated carbocycles. The molecule has 0 unspecified atom stereocenters. The van der Waals surface area contributed by atoms with E-state index in [1.54, 1.807) is 11.5 Å². The molecule has 0 bridgehead atoms. The minimum absolute atomic E-state index is 0.285. The molecule has 0 atom stereocenters. The lowest BCUT2D eigenvalue weighted by Crippen LogP contribution is -2.12. The standard InChI is InChI=1S/C11H11N5O3S/c12-15-10(7-1-2-7)13-14-11(15)20-6-5-8-3-4-9(19-8)16(17)18/h3-7H,1-2,12H2/b6-5+. The van der Waals surface area contributed by atoms with Crippen molar-refractivity contribution in [2.24, 2.45) is 0 Å². The molecule has 0 amide bonds. The van der Waals surface area contributed by atoms with Crippen LogP contribution in [0.15, 0.2) is 27.1 Å². The first-order valence-electron chi connectivity index (χ1n) is 5.93. The normalized spacial score (nSPS) is 15.0. The fraction of sp³-hybridized carbons (Fsp3) is 0.273. The summed E-state index contributed by atoms with van der Waals surface area (Å²) in [7, 11) is 0. The van der Waals surface area contributed by atoms with Crippen LogP contribution >= 0.6 is 11.8 Å². The monoisotopic (exact) mass is 293 g/mol. The summed E-state index contributed by atoms with van der Waals surface area (Å²) in [5.74, 6) is 7.23. The van der Waals surface area contributed by atoms with E-state index in [-0.39, 0.29) is 5.88 Å². The van der Waals surface area contributed by atoms with Gasteiger partial charge in [0.1, 0.15) is 10.7 Å². The quantitative estimate of drug-likeness (QED) is 0.389. The number of nitrogens with zero attached hydrogens (tertiary/aromatic N) is 4. The fourth-order valence-electron chi connectivity index (χ4n) is 1.68. The molecule has 20 heavy (non-hydrogen) atoms. The van der Waals surface area contributed by atoms with Gasteiger partial charge in [-0.05, 0) is 30.4 Å². The maximum Gasteiger partial charge on any atom is 0.433 e. The molecular formula is C11H11N5O3S. The van der Waals surface area contributed by atoms with Crippen LogP contribution in [0.4, 0.5) is 5.88 Å². The summed E-state index contributed by atoms with van der Waals surface area (Å²) in [5.41, 5.74) is 0. The van der Waals surface area contributed by atoms with Crippen LogP contribution in [0, 0.1) is 10.1 Å². The molecular weight excluding hydrogens is 282 g/mol. The predicted molar refractivity (Wildman–Crippen MR) is 72.4 cm³/mol. The molecule has 0 aromatic carbocycles. The first kappa shape index (κ1) is 12.7. The van der Waals surface area contributed by atoms with E-state index in [1.807, 2.05) is 0 Å². The first-order valence-corrected chi connectivity index (χ1v) is 6.81. The van der Waals surface area contributed by atoms with Gasteiger partial charge < -0.3 is 10.3 Å². The number of aromatic nitrogens is 3. The molecule has 9 heteroatoms. The molecule has 0 aliphatic heterocycles. The van der Waals surface area contributed by atoms with Crippen LogP contribution in [0.3, 0.4) is 0 Å². The Labute approximate surface area is 117 Å². The van der Waals surface area contributed by atoms with E-state index in [0.29, 0.717) is 16.8 Å². The number of hydrogen-bond donors (Lipinski definition) is 1. The average molecular weight is 293 g/mol. The summed E-state index contributed by atoms with van der Waals surface area (Å²) in [4.78, 5) is 9.89. The topological polar surface area (TPSA) is 113 Å². The molecule has 3 rings (SSSR count). The van der Waals surface area contributed by atoms with Crippen molar-refractivity contribution in [2.75, 3.05) is 5.84 Å². The van der Waals surface area contributed by atoms with E-state index >= 15 is 0 Å². The van der Waals surface area contributed by atoms with Crippen molar-refractivity contribution < 1.29 is 9.34 Å². The Kier molecular flexibility index (Phi) is 3.18. The molecule has 2 aromatic heterocycles. The second-order valence-electron chi connectivity index (χ2n) is 4.34. The van der Waals surface area contributed by atoms with Gasteiger partial charge in [0.05, 0.1) is 6.07 Å². The van der Waals surface area contributed by atoms with Crippen LogP contribution in [-0.2, 0) is 0 Å². The van der Waals surface area contributed by atoms with E-state index in [2.05, 4.69) is 10.2 Å². The van der Waals surface area contributed by atoms with E-state index in [0.717, 1.165) is 18.7 Å². The van der Waals surface area contributed by atoms with E-state index in [4.69, 9.17) is 10.3 Å². The van der Waals surface area contributed by atoms with Gasteiger partial charge >= 0.3 is 5.88 Å². The number of rotatable bonds is 5. The Balaban J connectivity index is 1.66. The molecule has 2 N–H and O–H groups in total. The van der Waals surface area contributed by atoms with E-state index in [1.165, 1.54) is 28.6 Å². The largest absolute Gasteiger partial charge is 0.433 e. The number of furan rings is 1. The summed E-state index contributed by atoms with van der Waals surface area (Å²) < 4.78 is 6.48. The number of nitro groups is 1. The van der Waals surface area contributed by atoms with Gasteiger partial charge in [-0.2, -0.15) is 0 Å². The minimum Gasteiger partial charge on any atom is -0.401 e. The highest BCUT2D eigenvalue weighted by molar-refractivity contribution is 8.02. The lowest BCUT2D eigenvalue weighted by Gasteiger charge is -1.98. The van der Waals surface area contributed by atoms with Gasteiger partial charge in [0.25, 0.3) is 0 Å². The van der Waals surface area contributed by atoms with Gasteiger partial charge in [-0.15, -0.1) is 10.2 Å². The summed E-state index contributed by atoms with van der Waals surface area (Å²) in [5, 5.41) is 20.8. The third-order valence-corrected chi connectivity index (χ3v) is 3.59. The fourth-order valence-corrected chi connectivity index (χ4v) is 2.30. The molecule has 0 radical (unpaired) electrons. The predicted octanol–water partition coefficient (Wildman–Crippen LogP) is 2.13. The molecule has 0 spiro atoms. The highest BCUT2D eigenvalue weighted by Crippen LogP contribution is 2.39. The first-order chi connectivity index (χ1) is 9.65. The van der Waals surface area contributed by atoms with E-state index < -0.39 is 4.92 Å². The SMILES string of the molecule is Nn1c(S/C=C/c2ccc([N+](=O)[O-])o2)nnc1C1CC1. The summed E-state index contributed by atoms with van der Waals surface area (Å²) in [6.45, 7) is 0. The van der Waals surface area contributed by atoms with Crippen LogP contribution in [0.1, 0.15) is 30.3 Å². The Morgan fingerprint density at radius 1 is 1.50 bits per heavy atom.